The molecule has 0 aromatic heterocycles. The summed E-state index contributed by atoms with van der Waals surface area (Å²) in [6, 6.07) is 7.44. The zero-order chi connectivity index (χ0) is 11.3. The molecule has 1 rings (SSSR count). The minimum Gasteiger partial charge on any atom is -0.468 e. The first-order valence-corrected chi connectivity index (χ1v) is 5.09. The van der Waals surface area contributed by atoms with Gasteiger partial charge >= 0.3 is 5.97 Å². The molecule has 0 aliphatic carbocycles. The average molecular weight is 207 g/mol. The predicted molar refractivity (Wildman–Crippen MR) is 59.5 cm³/mol. The number of esters is 1. The summed E-state index contributed by atoms with van der Waals surface area (Å²) in [5.41, 5.74) is 8.07. The first-order valence-electron chi connectivity index (χ1n) is 5.09. The zero-order valence-electron chi connectivity index (χ0n) is 9.19. The third-order valence-electron chi connectivity index (χ3n) is 2.44. The van der Waals surface area contributed by atoms with Crippen molar-refractivity contribution in [1.82, 2.24) is 0 Å². The van der Waals surface area contributed by atoms with Crippen molar-refractivity contribution in [3.05, 3.63) is 35.4 Å². The third kappa shape index (κ3) is 3.06. The fraction of sp³-hybridized carbons (Fsp3) is 0.417. The molecular formula is C12H17NO2. The molecule has 3 nitrogen and oxygen atoms in total. The number of benzene rings is 1. The molecule has 1 aromatic rings. The van der Waals surface area contributed by atoms with E-state index < -0.39 is 6.04 Å². The van der Waals surface area contributed by atoms with E-state index >= 15 is 0 Å². The lowest BCUT2D eigenvalue weighted by molar-refractivity contribution is -0.142. The molecule has 0 aliphatic rings. The summed E-state index contributed by atoms with van der Waals surface area (Å²) in [6.45, 7) is 2.09. The summed E-state index contributed by atoms with van der Waals surface area (Å²) in [6.07, 6.45) is 1.49. The Hall–Kier alpha value is -1.35. The van der Waals surface area contributed by atoms with Gasteiger partial charge in [-0.25, -0.2) is 0 Å². The largest absolute Gasteiger partial charge is 0.468 e. The van der Waals surface area contributed by atoms with E-state index in [4.69, 9.17) is 5.73 Å². The Balaban J connectivity index is 2.75. The van der Waals surface area contributed by atoms with Gasteiger partial charge in [-0.05, 0) is 24.0 Å². The van der Waals surface area contributed by atoms with Gasteiger partial charge in [-0.1, -0.05) is 31.2 Å². The Morgan fingerprint density at radius 1 is 1.40 bits per heavy atom. The van der Waals surface area contributed by atoms with E-state index in [9.17, 15) is 4.79 Å². The summed E-state index contributed by atoms with van der Waals surface area (Å²) in [7, 11) is 1.36. The highest BCUT2D eigenvalue weighted by Crippen LogP contribution is 2.11. The molecule has 0 saturated heterocycles. The van der Waals surface area contributed by atoms with Gasteiger partial charge in [0.05, 0.1) is 7.11 Å². The molecule has 2 N–H and O–H groups in total. The summed E-state index contributed by atoms with van der Waals surface area (Å²) in [4.78, 5) is 11.2. The van der Waals surface area contributed by atoms with Crippen LogP contribution in [-0.2, 0) is 22.4 Å². The third-order valence-corrected chi connectivity index (χ3v) is 2.44. The van der Waals surface area contributed by atoms with E-state index in [1.807, 2.05) is 18.2 Å². The highest BCUT2D eigenvalue weighted by Gasteiger charge is 2.15. The smallest absolute Gasteiger partial charge is 0.322 e. The second-order valence-electron chi connectivity index (χ2n) is 3.46. The number of hydrogen-bond acceptors (Lipinski definition) is 3. The van der Waals surface area contributed by atoms with E-state index in [1.54, 1.807) is 0 Å². The van der Waals surface area contributed by atoms with Gasteiger partial charge in [0.1, 0.15) is 6.04 Å². The van der Waals surface area contributed by atoms with Crippen LogP contribution in [0.3, 0.4) is 0 Å². The molecule has 15 heavy (non-hydrogen) atoms. The standard InChI is InChI=1S/C12H17NO2/c1-3-9-6-4-5-7-10(9)8-11(13)12(14)15-2/h4-7,11H,3,8,13H2,1-2H3/t11-/m0/s1. The molecule has 0 saturated carbocycles. The Morgan fingerprint density at radius 2 is 2.00 bits per heavy atom. The van der Waals surface area contributed by atoms with Crippen LogP contribution in [0.4, 0.5) is 0 Å². The van der Waals surface area contributed by atoms with Gasteiger partial charge in [0.15, 0.2) is 0 Å². The number of methoxy groups -OCH3 is 1. The zero-order valence-corrected chi connectivity index (χ0v) is 9.19. The van der Waals surface area contributed by atoms with E-state index in [0.29, 0.717) is 6.42 Å². The molecular weight excluding hydrogens is 190 g/mol. The fourth-order valence-corrected chi connectivity index (χ4v) is 1.57. The monoisotopic (exact) mass is 207 g/mol. The summed E-state index contributed by atoms with van der Waals surface area (Å²) in [5, 5.41) is 0. The van der Waals surface area contributed by atoms with Gasteiger partial charge in [0.25, 0.3) is 0 Å². The molecule has 1 atom stereocenters. The van der Waals surface area contributed by atoms with Crippen molar-refractivity contribution in [2.45, 2.75) is 25.8 Å². The van der Waals surface area contributed by atoms with Gasteiger partial charge in [-0.2, -0.15) is 0 Å². The van der Waals surface area contributed by atoms with E-state index in [1.165, 1.54) is 12.7 Å². The number of aryl methyl sites for hydroxylation is 1. The van der Waals surface area contributed by atoms with Gasteiger partial charge in [0, 0.05) is 0 Å². The second-order valence-corrected chi connectivity index (χ2v) is 3.46. The molecule has 0 fully saturated rings. The van der Waals surface area contributed by atoms with Crippen LogP contribution in [0, 0.1) is 0 Å². The first kappa shape index (κ1) is 11.7. The van der Waals surface area contributed by atoms with Gasteiger partial charge < -0.3 is 10.5 Å². The van der Waals surface area contributed by atoms with Gasteiger partial charge in [0.2, 0.25) is 0 Å². The van der Waals surface area contributed by atoms with Crippen molar-refractivity contribution in [1.29, 1.82) is 0 Å². The van der Waals surface area contributed by atoms with Gasteiger partial charge in [-0.3, -0.25) is 4.79 Å². The van der Waals surface area contributed by atoms with Crippen molar-refractivity contribution >= 4 is 5.97 Å². The second kappa shape index (κ2) is 5.51. The summed E-state index contributed by atoms with van der Waals surface area (Å²) in [5.74, 6) is -0.360. The minimum absolute atomic E-state index is 0.360. The normalized spacial score (nSPS) is 12.2. The van der Waals surface area contributed by atoms with Crippen molar-refractivity contribution in [3.8, 4) is 0 Å². The number of carbonyl (C=O) groups excluding carboxylic acids is 1. The molecule has 0 unspecified atom stereocenters. The number of nitrogens with two attached hydrogens (primary N) is 1. The highest BCUT2D eigenvalue weighted by molar-refractivity contribution is 5.75. The maximum absolute atomic E-state index is 11.2. The maximum Gasteiger partial charge on any atom is 0.322 e. The van der Waals surface area contributed by atoms with Crippen LogP contribution in [0.25, 0.3) is 0 Å². The quantitative estimate of drug-likeness (QED) is 0.757. The predicted octanol–water partition coefficient (Wildman–Crippen LogP) is 1.29. The maximum atomic E-state index is 11.2. The lowest BCUT2D eigenvalue weighted by Crippen LogP contribution is -2.33. The molecule has 82 valence electrons. The number of ether oxygens (including phenoxy) is 1. The van der Waals surface area contributed by atoms with Crippen LogP contribution in [-0.4, -0.2) is 19.1 Å². The van der Waals surface area contributed by atoms with E-state index in [-0.39, 0.29) is 5.97 Å². The Labute approximate surface area is 90.2 Å². The average Bonchev–Trinajstić information content (AvgIpc) is 2.28. The highest BCUT2D eigenvalue weighted by atomic mass is 16.5. The fourth-order valence-electron chi connectivity index (χ4n) is 1.57. The van der Waals surface area contributed by atoms with Gasteiger partial charge in [-0.15, -0.1) is 0 Å². The number of hydrogen-bond donors (Lipinski definition) is 1. The Kier molecular flexibility index (Phi) is 4.31. The van der Waals surface area contributed by atoms with E-state index in [2.05, 4.69) is 17.7 Å². The van der Waals surface area contributed by atoms with Crippen LogP contribution in [0.15, 0.2) is 24.3 Å². The number of carbonyl (C=O) groups is 1. The number of rotatable bonds is 4. The molecule has 0 radical (unpaired) electrons. The lowest BCUT2D eigenvalue weighted by atomic mass is 9.99. The Morgan fingerprint density at radius 3 is 2.53 bits per heavy atom. The molecule has 0 heterocycles. The van der Waals surface area contributed by atoms with Crippen molar-refractivity contribution in [2.75, 3.05) is 7.11 Å². The first-order chi connectivity index (χ1) is 7.19. The van der Waals surface area contributed by atoms with Crippen molar-refractivity contribution in [2.24, 2.45) is 5.73 Å². The van der Waals surface area contributed by atoms with Crippen molar-refractivity contribution < 1.29 is 9.53 Å². The van der Waals surface area contributed by atoms with Crippen LogP contribution < -0.4 is 5.73 Å². The SMILES string of the molecule is CCc1ccccc1C[C@H](N)C(=O)OC. The minimum atomic E-state index is -0.567. The lowest BCUT2D eigenvalue weighted by Gasteiger charge is -2.12. The summed E-state index contributed by atoms with van der Waals surface area (Å²) < 4.78 is 4.59. The molecule has 0 bridgehead atoms. The van der Waals surface area contributed by atoms with Crippen LogP contribution in [0.2, 0.25) is 0 Å². The molecule has 3 heteroatoms. The summed E-state index contributed by atoms with van der Waals surface area (Å²) >= 11 is 0. The molecule has 1 aromatic carbocycles. The Bertz CT molecular complexity index is 336. The van der Waals surface area contributed by atoms with Crippen LogP contribution in [0.1, 0.15) is 18.1 Å². The van der Waals surface area contributed by atoms with Crippen LogP contribution in [0.5, 0.6) is 0 Å². The topological polar surface area (TPSA) is 52.3 Å². The van der Waals surface area contributed by atoms with Crippen LogP contribution >= 0.6 is 0 Å². The molecule has 0 aliphatic heterocycles. The van der Waals surface area contributed by atoms with Crippen molar-refractivity contribution in [3.63, 3.8) is 0 Å². The molecule has 0 amide bonds. The molecule has 0 spiro atoms. The van der Waals surface area contributed by atoms with E-state index in [0.717, 1.165) is 12.0 Å².